The van der Waals surface area contributed by atoms with Gasteiger partial charge in [0.05, 0.1) is 18.8 Å². The molecule has 4 nitrogen and oxygen atoms in total. The number of aliphatic hydroxyl groups excluding tert-OH is 1. The third-order valence-electron chi connectivity index (χ3n) is 4.32. The van der Waals surface area contributed by atoms with Crippen molar-refractivity contribution < 1.29 is 14.6 Å². The summed E-state index contributed by atoms with van der Waals surface area (Å²) in [4.78, 5) is 12.1. The zero-order valence-corrected chi connectivity index (χ0v) is 15.4. The smallest absolute Gasteiger partial charge is 0.159 e. The first kappa shape index (κ1) is 20.7. The van der Waals surface area contributed by atoms with Crippen LogP contribution in [0.25, 0.3) is 0 Å². The highest BCUT2D eigenvalue weighted by atomic mass is 16.5. The van der Waals surface area contributed by atoms with E-state index in [0.717, 1.165) is 29.9 Å². The number of ether oxygens (including phenoxy) is 1. The van der Waals surface area contributed by atoms with Crippen LogP contribution in [0, 0.1) is 6.92 Å². The lowest BCUT2D eigenvalue weighted by molar-refractivity contribution is -0.124. The molecule has 3 N–H and O–H groups in total. The van der Waals surface area contributed by atoms with Crippen LogP contribution in [-0.2, 0) is 11.2 Å². The van der Waals surface area contributed by atoms with E-state index in [1.165, 1.54) is 32.1 Å². The Morgan fingerprint density at radius 1 is 1.21 bits per heavy atom. The quantitative estimate of drug-likeness (QED) is 0.573. The van der Waals surface area contributed by atoms with Gasteiger partial charge in [0.15, 0.2) is 5.78 Å². The Kier molecular flexibility index (Phi) is 9.01. The first-order valence-electron chi connectivity index (χ1n) is 9.06. The molecule has 0 bridgehead atoms. The third-order valence-corrected chi connectivity index (χ3v) is 4.32. The van der Waals surface area contributed by atoms with E-state index in [1.54, 1.807) is 6.92 Å². The Balaban J connectivity index is 2.43. The van der Waals surface area contributed by atoms with Crippen molar-refractivity contribution in [1.29, 1.82) is 0 Å². The zero-order chi connectivity index (χ0) is 18.0. The number of Topliss-reactive ketones (excluding diaryl/α,β-unsaturated/α-hetero) is 1. The molecule has 0 spiro atoms. The summed E-state index contributed by atoms with van der Waals surface area (Å²) in [5, 5.41) is 9.16. The molecule has 1 atom stereocenters. The second kappa shape index (κ2) is 10.5. The van der Waals surface area contributed by atoms with Crippen molar-refractivity contribution in [3.8, 4) is 5.75 Å². The second-order valence-corrected chi connectivity index (χ2v) is 6.89. The van der Waals surface area contributed by atoms with E-state index < -0.39 is 5.54 Å². The number of hydrogen-bond donors (Lipinski definition) is 2. The molecule has 1 aromatic rings. The minimum atomic E-state index is -1.18. The lowest BCUT2D eigenvalue weighted by Crippen LogP contribution is -2.49. The molecule has 0 aliphatic rings. The summed E-state index contributed by atoms with van der Waals surface area (Å²) in [7, 11) is 0. The average molecular weight is 335 g/mol. The van der Waals surface area contributed by atoms with Gasteiger partial charge in [-0.1, -0.05) is 51.2 Å². The van der Waals surface area contributed by atoms with Gasteiger partial charge in [-0.25, -0.2) is 0 Å². The normalized spacial score (nSPS) is 13.5. The number of nitrogens with two attached hydrogens (primary N) is 1. The summed E-state index contributed by atoms with van der Waals surface area (Å²) in [6.07, 6.45) is 7.69. The van der Waals surface area contributed by atoms with Crippen molar-refractivity contribution in [3.05, 3.63) is 29.3 Å². The summed E-state index contributed by atoms with van der Waals surface area (Å²) in [5.74, 6) is 0.711. The van der Waals surface area contributed by atoms with Gasteiger partial charge in [-0.05, 0) is 37.5 Å². The van der Waals surface area contributed by atoms with Crippen LogP contribution in [-0.4, -0.2) is 29.6 Å². The minimum absolute atomic E-state index is 0.162. The van der Waals surface area contributed by atoms with Gasteiger partial charge >= 0.3 is 0 Å². The van der Waals surface area contributed by atoms with Gasteiger partial charge < -0.3 is 15.6 Å². The van der Waals surface area contributed by atoms with Gasteiger partial charge in [0.2, 0.25) is 0 Å². The molecule has 0 aromatic heterocycles. The molecule has 0 radical (unpaired) electrons. The monoisotopic (exact) mass is 335 g/mol. The predicted octanol–water partition coefficient (Wildman–Crippen LogP) is 3.56. The van der Waals surface area contributed by atoms with Gasteiger partial charge in [0.1, 0.15) is 5.75 Å². The Hall–Kier alpha value is -1.39. The maximum atomic E-state index is 12.1. The molecule has 0 unspecified atom stereocenters. The summed E-state index contributed by atoms with van der Waals surface area (Å²) in [6.45, 7) is 6.15. The topological polar surface area (TPSA) is 72.5 Å². The number of benzene rings is 1. The van der Waals surface area contributed by atoms with Gasteiger partial charge in [-0.2, -0.15) is 0 Å². The number of carbonyl (C=O) groups excluding carboxylic acids is 1. The van der Waals surface area contributed by atoms with E-state index in [-0.39, 0.29) is 18.8 Å². The van der Waals surface area contributed by atoms with Crippen molar-refractivity contribution in [1.82, 2.24) is 0 Å². The number of hydrogen-bond acceptors (Lipinski definition) is 4. The van der Waals surface area contributed by atoms with E-state index in [1.807, 2.05) is 25.1 Å². The molecule has 0 fully saturated rings. The van der Waals surface area contributed by atoms with Crippen molar-refractivity contribution in [2.24, 2.45) is 5.73 Å². The highest BCUT2D eigenvalue weighted by Gasteiger charge is 2.27. The lowest BCUT2D eigenvalue weighted by atomic mass is 9.93. The maximum Gasteiger partial charge on any atom is 0.159 e. The summed E-state index contributed by atoms with van der Waals surface area (Å²) < 4.78 is 5.84. The molecular formula is C20H33NO3. The minimum Gasteiger partial charge on any atom is -0.493 e. The van der Waals surface area contributed by atoms with Gasteiger partial charge in [-0.15, -0.1) is 0 Å². The molecule has 136 valence electrons. The van der Waals surface area contributed by atoms with E-state index in [9.17, 15) is 4.79 Å². The van der Waals surface area contributed by atoms with Crippen LogP contribution in [0.1, 0.15) is 63.5 Å². The first-order valence-corrected chi connectivity index (χ1v) is 9.06. The standard InChI is InChI=1S/C20H33NO3/c1-4-5-6-7-8-9-12-24-18-11-10-17(13-16(18)2)14-19(23)20(3,21)15-22/h10-11,13,22H,4-9,12,14-15,21H2,1-3H3/t20-/m0/s1. The van der Waals surface area contributed by atoms with E-state index in [2.05, 4.69) is 6.92 Å². The number of aliphatic hydroxyl groups is 1. The first-order chi connectivity index (χ1) is 11.4. The lowest BCUT2D eigenvalue weighted by Gasteiger charge is -2.20. The zero-order valence-electron chi connectivity index (χ0n) is 15.4. The summed E-state index contributed by atoms with van der Waals surface area (Å²) in [6, 6.07) is 5.78. The fourth-order valence-electron chi connectivity index (χ4n) is 2.52. The highest BCUT2D eigenvalue weighted by Crippen LogP contribution is 2.21. The molecule has 0 amide bonds. The number of carbonyl (C=O) groups is 1. The maximum absolute atomic E-state index is 12.1. The number of rotatable bonds is 12. The molecule has 1 rings (SSSR count). The van der Waals surface area contributed by atoms with Crippen molar-refractivity contribution in [2.45, 2.75) is 71.3 Å². The van der Waals surface area contributed by atoms with E-state index >= 15 is 0 Å². The largest absolute Gasteiger partial charge is 0.493 e. The average Bonchev–Trinajstić information content (AvgIpc) is 2.55. The molecule has 1 aromatic carbocycles. The fourth-order valence-corrected chi connectivity index (χ4v) is 2.52. The molecular weight excluding hydrogens is 302 g/mol. The van der Waals surface area contributed by atoms with Crippen molar-refractivity contribution in [3.63, 3.8) is 0 Å². The Bertz CT molecular complexity index is 512. The van der Waals surface area contributed by atoms with E-state index in [0.29, 0.717) is 0 Å². The Labute approximate surface area is 146 Å². The fraction of sp³-hybridized carbons (Fsp3) is 0.650. The molecule has 4 heteroatoms. The van der Waals surface area contributed by atoms with E-state index in [4.69, 9.17) is 15.6 Å². The second-order valence-electron chi connectivity index (χ2n) is 6.89. The van der Waals surface area contributed by atoms with Gasteiger partial charge in [0, 0.05) is 6.42 Å². The summed E-state index contributed by atoms with van der Waals surface area (Å²) >= 11 is 0. The molecule has 0 aliphatic heterocycles. The van der Waals surface area contributed by atoms with Gasteiger partial charge in [-0.3, -0.25) is 4.79 Å². The van der Waals surface area contributed by atoms with Crippen LogP contribution in [0.3, 0.4) is 0 Å². The number of aryl methyl sites for hydroxylation is 1. The Morgan fingerprint density at radius 3 is 2.50 bits per heavy atom. The highest BCUT2D eigenvalue weighted by molar-refractivity contribution is 5.89. The van der Waals surface area contributed by atoms with Crippen LogP contribution >= 0.6 is 0 Å². The van der Waals surface area contributed by atoms with Gasteiger partial charge in [0.25, 0.3) is 0 Å². The predicted molar refractivity (Wildman–Crippen MR) is 98.4 cm³/mol. The molecule has 24 heavy (non-hydrogen) atoms. The van der Waals surface area contributed by atoms with Crippen LogP contribution < -0.4 is 10.5 Å². The number of ketones is 1. The van der Waals surface area contributed by atoms with Crippen molar-refractivity contribution in [2.75, 3.05) is 13.2 Å². The van der Waals surface area contributed by atoms with Crippen molar-refractivity contribution >= 4 is 5.78 Å². The Morgan fingerprint density at radius 2 is 1.88 bits per heavy atom. The number of unbranched alkanes of at least 4 members (excludes halogenated alkanes) is 5. The SMILES string of the molecule is CCCCCCCCOc1ccc(CC(=O)[C@@](C)(N)CO)cc1C. The van der Waals surface area contributed by atoms with Crippen LogP contribution in [0.15, 0.2) is 18.2 Å². The third kappa shape index (κ3) is 7.02. The molecule has 0 heterocycles. The molecule has 0 saturated carbocycles. The van der Waals surface area contributed by atoms with Crippen LogP contribution in [0.4, 0.5) is 0 Å². The molecule has 0 aliphatic carbocycles. The van der Waals surface area contributed by atoms with Crippen LogP contribution in [0.2, 0.25) is 0 Å². The molecule has 0 saturated heterocycles. The van der Waals surface area contributed by atoms with Crippen LogP contribution in [0.5, 0.6) is 5.75 Å². The summed E-state index contributed by atoms with van der Waals surface area (Å²) in [5.41, 5.74) is 6.52.